The topological polar surface area (TPSA) is 36.0 Å². The van der Waals surface area contributed by atoms with Crippen molar-refractivity contribution in [3.63, 3.8) is 0 Å². The smallest absolute Gasteiger partial charge is 0.320 e. The van der Waals surface area contributed by atoms with Gasteiger partial charge in [0, 0.05) is 51.3 Å². The predicted octanol–water partition coefficient (Wildman–Crippen LogP) is 0.809. The molecule has 18 heavy (non-hydrogen) atoms. The Morgan fingerprint density at radius 3 is 2.28 bits per heavy atom. The van der Waals surface area contributed by atoms with E-state index in [-0.39, 0.29) is 6.03 Å². The SMILES string of the molecule is O=C(N1CCOCC1)N1CCN(C/C=C/Cl)CC1. The van der Waals surface area contributed by atoms with Crippen molar-refractivity contribution in [3.05, 3.63) is 11.6 Å². The summed E-state index contributed by atoms with van der Waals surface area (Å²) in [6.45, 7) is 7.04. The normalized spacial score (nSPS) is 22.7. The van der Waals surface area contributed by atoms with Crippen LogP contribution in [0.3, 0.4) is 0 Å². The molecule has 0 aromatic carbocycles. The van der Waals surface area contributed by atoms with Crippen molar-refractivity contribution in [3.8, 4) is 0 Å². The summed E-state index contributed by atoms with van der Waals surface area (Å²) in [6, 6.07) is 0.158. The number of nitrogens with zero attached hydrogens (tertiary/aromatic N) is 3. The number of morpholine rings is 1. The molecule has 0 saturated carbocycles. The molecule has 2 heterocycles. The molecule has 2 saturated heterocycles. The van der Waals surface area contributed by atoms with Crippen molar-refractivity contribution in [1.82, 2.24) is 14.7 Å². The Kier molecular flexibility index (Phi) is 5.28. The second-order valence-electron chi connectivity index (χ2n) is 4.53. The van der Waals surface area contributed by atoms with E-state index in [1.807, 2.05) is 15.9 Å². The van der Waals surface area contributed by atoms with Crippen LogP contribution in [0.1, 0.15) is 0 Å². The molecule has 102 valence electrons. The second kappa shape index (κ2) is 6.97. The highest BCUT2D eigenvalue weighted by Gasteiger charge is 2.25. The van der Waals surface area contributed by atoms with Crippen molar-refractivity contribution in [2.75, 3.05) is 59.0 Å². The van der Waals surface area contributed by atoms with E-state index in [0.717, 1.165) is 32.7 Å². The summed E-state index contributed by atoms with van der Waals surface area (Å²) in [4.78, 5) is 18.3. The minimum Gasteiger partial charge on any atom is -0.378 e. The molecule has 2 fully saturated rings. The molecule has 0 aromatic rings. The van der Waals surface area contributed by atoms with Crippen LogP contribution in [0, 0.1) is 0 Å². The molecular weight excluding hydrogens is 254 g/mol. The van der Waals surface area contributed by atoms with Gasteiger partial charge in [-0.1, -0.05) is 17.7 Å². The third-order valence-corrected chi connectivity index (χ3v) is 3.56. The number of urea groups is 1. The number of rotatable bonds is 2. The van der Waals surface area contributed by atoms with Gasteiger partial charge in [-0.15, -0.1) is 0 Å². The Hall–Kier alpha value is -0.780. The van der Waals surface area contributed by atoms with Gasteiger partial charge in [-0.2, -0.15) is 0 Å². The van der Waals surface area contributed by atoms with Crippen LogP contribution in [0.5, 0.6) is 0 Å². The Morgan fingerprint density at radius 1 is 1.06 bits per heavy atom. The zero-order chi connectivity index (χ0) is 12.8. The van der Waals surface area contributed by atoms with E-state index in [4.69, 9.17) is 16.3 Å². The van der Waals surface area contributed by atoms with E-state index in [9.17, 15) is 4.79 Å². The fraction of sp³-hybridized carbons (Fsp3) is 0.750. The maximum absolute atomic E-state index is 12.2. The van der Waals surface area contributed by atoms with Gasteiger partial charge in [0.05, 0.1) is 13.2 Å². The molecule has 2 aliphatic rings. The predicted molar refractivity (Wildman–Crippen MR) is 70.8 cm³/mol. The zero-order valence-electron chi connectivity index (χ0n) is 10.6. The second-order valence-corrected chi connectivity index (χ2v) is 4.78. The molecule has 0 N–H and O–H groups in total. The average Bonchev–Trinajstić information content (AvgIpc) is 2.46. The van der Waals surface area contributed by atoms with Gasteiger partial charge in [0.1, 0.15) is 0 Å². The lowest BCUT2D eigenvalue weighted by Crippen LogP contribution is -2.54. The van der Waals surface area contributed by atoms with E-state index in [1.54, 1.807) is 5.54 Å². The van der Waals surface area contributed by atoms with Gasteiger partial charge in [-0.25, -0.2) is 4.79 Å². The number of carbonyl (C=O) groups is 1. The van der Waals surface area contributed by atoms with Crippen LogP contribution >= 0.6 is 11.6 Å². The summed E-state index contributed by atoms with van der Waals surface area (Å²) < 4.78 is 5.26. The Morgan fingerprint density at radius 2 is 1.67 bits per heavy atom. The molecule has 0 unspecified atom stereocenters. The van der Waals surface area contributed by atoms with Crippen LogP contribution in [0.15, 0.2) is 11.6 Å². The first kappa shape index (κ1) is 13.6. The maximum Gasteiger partial charge on any atom is 0.320 e. The van der Waals surface area contributed by atoms with Crippen molar-refractivity contribution < 1.29 is 9.53 Å². The summed E-state index contributed by atoms with van der Waals surface area (Å²) in [5, 5.41) is 0. The van der Waals surface area contributed by atoms with Crippen molar-refractivity contribution >= 4 is 17.6 Å². The largest absolute Gasteiger partial charge is 0.378 e. The van der Waals surface area contributed by atoms with Crippen molar-refractivity contribution in [2.45, 2.75) is 0 Å². The van der Waals surface area contributed by atoms with Crippen molar-refractivity contribution in [1.29, 1.82) is 0 Å². The van der Waals surface area contributed by atoms with Gasteiger partial charge in [-0.3, -0.25) is 4.90 Å². The molecular formula is C12H20ClN3O2. The first-order valence-corrected chi connectivity index (χ1v) is 6.84. The molecule has 2 rings (SSSR count). The number of piperazine rings is 1. The monoisotopic (exact) mass is 273 g/mol. The molecule has 0 aliphatic carbocycles. The number of carbonyl (C=O) groups excluding carboxylic acids is 1. The molecule has 5 nitrogen and oxygen atoms in total. The van der Waals surface area contributed by atoms with Crippen molar-refractivity contribution in [2.24, 2.45) is 0 Å². The van der Waals surface area contributed by atoms with Gasteiger partial charge in [0.25, 0.3) is 0 Å². The molecule has 0 spiro atoms. The quantitative estimate of drug-likeness (QED) is 0.747. The fourth-order valence-corrected chi connectivity index (χ4v) is 2.34. The van der Waals surface area contributed by atoms with E-state index in [0.29, 0.717) is 26.3 Å². The van der Waals surface area contributed by atoms with Crippen LogP contribution in [0.2, 0.25) is 0 Å². The molecule has 0 atom stereocenters. The van der Waals surface area contributed by atoms with Crippen LogP contribution in [0.4, 0.5) is 4.79 Å². The van der Waals surface area contributed by atoms with E-state index in [1.165, 1.54) is 0 Å². The van der Waals surface area contributed by atoms with Gasteiger partial charge in [-0.05, 0) is 0 Å². The lowest BCUT2D eigenvalue weighted by atomic mass is 10.3. The highest BCUT2D eigenvalue weighted by atomic mass is 35.5. The summed E-state index contributed by atoms with van der Waals surface area (Å²) in [6.07, 6.45) is 1.93. The molecule has 6 heteroatoms. The summed E-state index contributed by atoms with van der Waals surface area (Å²) in [7, 11) is 0. The number of amides is 2. The minimum atomic E-state index is 0.158. The standard InChI is InChI=1S/C12H20ClN3O2/c13-2-1-3-14-4-6-15(7-5-14)12(17)16-8-10-18-11-9-16/h1-2H,3-11H2/b2-1+. The number of hydrogen-bond acceptors (Lipinski definition) is 3. The van der Waals surface area contributed by atoms with Gasteiger partial charge < -0.3 is 14.5 Å². The van der Waals surface area contributed by atoms with Crippen LogP contribution < -0.4 is 0 Å². The number of hydrogen-bond donors (Lipinski definition) is 0. The lowest BCUT2D eigenvalue weighted by Gasteiger charge is -2.38. The third kappa shape index (κ3) is 3.60. The molecule has 0 radical (unpaired) electrons. The molecule has 2 amide bonds. The molecule has 0 bridgehead atoms. The van der Waals surface area contributed by atoms with Crippen LogP contribution in [0.25, 0.3) is 0 Å². The molecule has 2 aliphatic heterocycles. The number of halogens is 1. The summed E-state index contributed by atoms with van der Waals surface area (Å²) >= 11 is 5.51. The minimum absolute atomic E-state index is 0.158. The van der Waals surface area contributed by atoms with Gasteiger partial charge in [0.15, 0.2) is 0 Å². The zero-order valence-corrected chi connectivity index (χ0v) is 11.3. The Balaban J connectivity index is 1.76. The first-order chi connectivity index (χ1) is 8.81. The Bertz CT molecular complexity index is 298. The maximum atomic E-state index is 12.2. The molecule has 0 aromatic heterocycles. The summed E-state index contributed by atoms with van der Waals surface area (Å²) in [5.74, 6) is 0. The lowest BCUT2D eigenvalue weighted by molar-refractivity contribution is 0.0383. The van der Waals surface area contributed by atoms with Gasteiger partial charge >= 0.3 is 6.03 Å². The summed E-state index contributed by atoms with van der Waals surface area (Å²) in [5.41, 5.74) is 1.55. The highest BCUT2D eigenvalue weighted by Crippen LogP contribution is 2.07. The number of ether oxygens (including phenoxy) is 1. The van der Waals surface area contributed by atoms with Gasteiger partial charge in [0.2, 0.25) is 0 Å². The van der Waals surface area contributed by atoms with E-state index in [2.05, 4.69) is 4.90 Å². The van der Waals surface area contributed by atoms with E-state index >= 15 is 0 Å². The fourth-order valence-electron chi connectivity index (χ4n) is 2.27. The first-order valence-electron chi connectivity index (χ1n) is 6.40. The van der Waals surface area contributed by atoms with Crippen LogP contribution in [-0.2, 0) is 4.74 Å². The van der Waals surface area contributed by atoms with E-state index < -0.39 is 0 Å². The Labute approximate surface area is 113 Å². The highest BCUT2D eigenvalue weighted by molar-refractivity contribution is 6.25. The third-order valence-electron chi connectivity index (χ3n) is 3.38. The van der Waals surface area contributed by atoms with Crippen LogP contribution in [-0.4, -0.2) is 79.8 Å². The average molecular weight is 274 g/mol.